The molecule has 3 atom stereocenters. The fourth-order valence-corrected chi connectivity index (χ4v) is 5.45. The summed E-state index contributed by atoms with van der Waals surface area (Å²) in [6, 6.07) is 9.70. The summed E-state index contributed by atoms with van der Waals surface area (Å²) in [5.74, 6) is -2.47. The largest absolute Gasteiger partial charge is 0.459 e. The lowest BCUT2D eigenvalue weighted by Crippen LogP contribution is -2.45. The molecular formula is C25H17Cl3FN3O11S. The first-order valence-corrected chi connectivity index (χ1v) is 14.3. The molecule has 3 rings (SSSR count). The minimum atomic E-state index is -5.01. The van der Waals surface area contributed by atoms with Gasteiger partial charge in [0.1, 0.15) is 11.5 Å². The molecule has 1 N–H and O–H groups in total. The van der Waals surface area contributed by atoms with Crippen molar-refractivity contribution in [2.45, 2.75) is 23.3 Å². The lowest BCUT2D eigenvalue weighted by atomic mass is 10.1. The summed E-state index contributed by atoms with van der Waals surface area (Å²) in [4.78, 5) is 45.1. The van der Waals surface area contributed by atoms with Crippen LogP contribution >= 0.6 is 34.8 Å². The van der Waals surface area contributed by atoms with Gasteiger partial charge in [-0.05, 0) is 36.4 Å². The van der Waals surface area contributed by atoms with Crippen molar-refractivity contribution in [1.29, 1.82) is 5.41 Å². The fraction of sp³-hybridized carbons (Fsp3) is 0.160. The highest BCUT2D eigenvalue weighted by molar-refractivity contribution is 7.87. The highest BCUT2D eigenvalue weighted by atomic mass is 35.5. The summed E-state index contributed by atoms with van der Waals surface area (Å²) in [7, 11) is -5.01. The number of alkyl halides is 1. The maximum absolute atomic E-state index is 15.1. The molecule has 44 heavy (non-hydrogen) atoms. The predicted octanol–water partition coefficient (Wildman–Crippen LogP) is 5.61. The van der Waals surface area contributed by atoms with Crippen LogP contribution in [-0.2, 0) is 23.8 Å². The van der Waals surface area contributed by atoms with E-state index in [1.54, 1.807) is 0 Å². The van der Waals surface area contributed by atoms with E-state index in [0.29, 0.717) is 0 Å². The number of halogens is 4. The molecule has 232 valence electrons. The van der Waals surface area contributed by atoms with Crippen molar-refractivity contribution in [3.05, 3.63) is 107 Å². The van der Waals surface area contributed by atoms with Gasteiger partial charge in [-0.15, -0.1) is 0 Å². The molecular weight excluding hydrogens is 676 g/mol. The normalized spacial score (nSPS) is 13.3. The summed E-state index contributed by atoms with van der Waals surface area (Å²) in [5, 5.41) is 28.3. The quantitative estimate of drug-likeness (QED) is 0.0582. The van der Waals surface area contributed by atoms with Gasteiger partial charge < -0.3 is 14.9 Å². The van der Waals surface area contributed by atoms with Crippen molar-refractivity contribution in [1.82, 2.24) is 0 Å². The number of carbonyl (C=O) groups excluding carboxylic acids is 2. The number of hydrogen-bond acceptors (Lipinski definition) is 12. The molecule has 19 heteroatoms. The molecule has 3 aromatic rings. The van der Waals surface area contributed by atoms with Crippen molar-refractivity contribution in [3.63, 3.8) is 0 Å². The molecule has 0 fully saturated rings. The molecule has 0 aliphatic rings. The zero-order valence-corrected chi connectivity index (χ0v) is 24.7. The molecule has 0 amide bonds. The van der Waals surface area contributed by atoms with Crippen LogP contribution in [0.3, 0.4) is 0 Å². The zero-order valence-electron chi connectivity index (χ0n) is 21.6. The number of nitro benzene ring substituents is 2. The topological polar surface area (TPSA) is 206 Å². The number of ether oxygens (including phenoxy) is 2. The maximum Gasteiger partial charge on any atom is 0.338 e. The van der Waals surface area contributed by atoms with Gasteiger partial charge in [-0.3, -0.25) is 24.4 Å². The van der Waals surface area contributed by atoms with Gasteiger partial charge in [-0.2, -0.15) is 8.42 Å². The van der Waals surface area contributed by atoms with E-state index in [0.717, 1.165) is 60.7 Å². The predicted molar refractivity (Wildman–Crippen MR) is 153 cm³/mol. The zero-order chi connectivity index (χ0) is 32.8. The standard InChI is InChI=1S/C25H17Cl3FN3O11S/c26-17-9-19(28)22(10-18(17)27)44(39,40)43-21(12-41-24(33)13-1-5-15(6-2-13)31(35)36)23(20(29)11-30)42-25(34)14-3-7-16(8-4-14)32(37)38/h1-11,20-21,23,30H,12H2/t20-,21-,23+/m1/s1. The SMILES string of the molecule is N=C[C@@H](F)[C@H](OC(=O)c1ccc([N+](=O)[O-])cc1)[C@@H](COC(=O)c1ccc([N+](=O)[O-])cc1)OS(=O)(=O)c1cc(Cl)c(Cl)cc1Cl. The van der Waals surface area contributed by atoms with E-state index in [-0.39, 0.29) is 38.8 Å². The van der Waals surface area contributed by atoms with Gasteiger partial charge in [0.2, 0.25) is 0 Å². The van der Waals surface area contributed by atoms with Crippen LogP contribution in [0.1, 0.15) is 20.7 Å². The average Bonchev–Trinajstić information content (AvgIpc) is 2.99. The number of esters is 2. The second-order valence-corrected chi connectivity index (χ2v) is 11.2. The Balaban J connectivity index is 1.98. The fourth-order valence-electron chi connectivity index (χ4n) is 3.40. The summed E-state index contributed by atoms with van der Waals surface area (Å²) in [6.07, 6.45) is -6.83. The number of nitrogens with zero attached hydrogens (tertiary/aromatic N) is 2. The number of carbonyl (C=O) groups is 2. The van der Waals surface area contributed by atoms with Gasteiger partial charge >= 0.3 is 11.9 Å². The number of nitrogens with one attached hydrogen (secondary N) is 1. The summed E-state index contributed by atoms with van der Waals surface area (Å²) >= 11 is 17.8. The van der Waals surface area contributed by atoms with Crippen LogP contribution in [0.15, 0.2) is 65.6 Å². The Morgan fingerprint density at radius 1 is 0.864 bits per heavy atom. The van der Waals surface area contributed by atoms with Gasteiger partial charge in [0.25, 0.3) is 21.5 Å². The molecule has 0 unspecified atom stereocenters. The van der Waals surface area contributed by atoms with Gasteiger partial charge in [-0.25, -0.2) is 14.0 Å². The number of non-ortho nitro benzene ring substituents is 2. The Bertz CT molecular complexity index is 1710. The third kappa shape index (κ3) is 8.45. The third-order valence-electron chi connectivity index (χ3n) is 5.58. The van der Waals surface area contributed by atoms with Crippen molar-refractivity contribution in [2.24, 2.45) is 0 Å². The Hall–Kier alpha value is -4.22. The van der Waals surface area contributed by atoms with Gasteiger partial charge in [-0.1, -0.05) is 34.8 Å². The Labute approximate surface area is 262 Å². The maximum atomic E-state index is 15.1. The summed E-state index contributed by atoms with van der Waals surface area (Å²) < 4.78 is 56.8. The van der Waals surface area contributed by atoms with E-state index in [2.05, 4.69) is 0 Å². The van der Waals surface area contributed by atoms with Crippen LogP contribution < -0.4 is 0 Å². The van der Waals surface area contributed by atoms with E-state index < -0.39 is 66.8 Å². The number of nitro groups is 2. The van der Waals surface area contributed by atoms with Crippen LogP contribution in [0.4, 0.5) is 15.8 Å². The molecule has 0 saturated heterocycles. The first kappa shape index (κ1) is 34.3. The molecule has 0 heterocycles. The molecule has 0 aliphatic heterocycles. The lowest BCUT2D eigenvalue weighted by molar-refractivity contribution is -0.385. The van der Waals surface area contributed by atoms with Crippen LogP contribution in [0.25, 0.3) is 0 Å². The van der Waals surface area contributed by atoms with Gasteiger partial charge in [0, 0.05) is 30.5 Å². The Morgan fingerprint density at radius 3 is 1.82 bits per heavy atom. The number of hydrogen-bond donors (Lipinski definition) is 1. The second kappa shape index (κ2) is 14.5. The van der Waals surface area contributed by atoms with Crippen molar-refractivity contribution < 1.29 is 45.9 Å². The third-order valence-corrected chi connectivity index (χ3v) is 8.11. The van der Waals surface area contributed by atoms with Crippen molar-refractivity contribution in [3.8, 4) is 0 Å². The Morgan fingerprint density at radius 2 is 1.34 bits per heavy atom. The second-order valence-electron chi connectivity index (χ2n) is 8.47. The summed E-state index contributed by atoms with van der Waals surface area (Å²) in [6.45, 7) is -1.11. The molecule has 0 aliphatic carbocycles. The molecule has 14 nitrogen and oxygen atoms in total. The first-order chi connectivity index (χ1) is 20.6. The van der Waals surface area contributed by atoms with Crippen LogP contribution in [0, 0.1) is 25.6 Å². The molecule has 0 spiro atoms. The Kier molecular flexibility index (Phi) is 11.3. The van der Waals surface area contributed by atoms with Crippen LogP contribution in [0.5, 0.6) is 0 Å². The van der Waals surface area contributed by atoms with Gasteiger partial charge in [0.15, 0.2) is 18.4 Å². The van der Waals surface area contributed by atoms with Crippen LogP contribution in [-0.4, -0.2) is 61.4 Å². The van der Waals surface area contributed by atoms with Gasteiger partial charge in [0.05, 0.1) is 36.0 Å². The smallest absolute Gasteiger partial charge is 0.338 e. The van der Waals surface area contributed by atoms with Crippen molar-refractivity contribution in [2.75, 3.05) is 6.61 Å². The minimum absolute atomic E-state index is 0.119. The number of rotatable bonds is 13. The van der Waals surface area contributed by atoms with E-state index in [9.17, 15) is 38.2 Å². The number of benzene rings is 3. The molecule has 3 aromatic carbocycles. The van der Waals surface area contributed by atoms with E-state index in [1.165, 1.54) is 0 Å². The van der Waals surface area contributed by atoms with E-state index in [1.807, 2.05) is 0 Å². The van der Waals surface area contributed by atoms with E-state index >= 15 is 4.39 Å². The highest BCUT2D eigenvalue weighted by Gasteiger charge is 2.39. The van der Waals surface area contributed by atoms with Crippen LogP contribution in [0.2, 0.25) is 15.1 Å². The monoisotopic (exact) mass is 691 g/mol. The molecule has 0 radical (unpaired) electrons. The average molecular weight is 693 g/mol. The lowest BCUT2D eigenvalue weighted by Gasteiger charge is -2.27. The van der Waals surface area contributed by atoms with Crippen molar-refractivity contribution >= 4 is 74.4 Å². The first-order valence-electron chi connectivity index (χ1n) is 11.7. The summed E-state index contributed by atoms with van der Waals surface area (Å²) in [5.41, 5.74) is -1.29. The van der Waals surface area contributed by atoms with E-state index in [4.69, 9.17) is 53.9 Å². The molecule has 0 saturated carbocycles. The highest BCUT2D eigenvalue weighted by Crippen LogP contribution is 2.33. The molecule has 0 aromatic heterocycles. The minimum Gasteiger partial charge on any atom is -0.459 e. The molecule has 0 bridgehead atoms.